The summed E-state index contributed by atoms with van der Waals surface area (Å²) < 4.78 is 8.42. The highest BCUT2D eigenvalue weighted by atomic mass is 127. The first-order chi connectivity index (χ1) is 9.78. The summed E-state index contributed by atoms with van der Waals surface area (Å²) >= 11 is 2.24. The fourth-order valence-electron chi connectivity index (χ4n) is 1.96. The number of rotatable bonds is 7. The highest BCUT2D eigenvalue weighted by Gasteiger charge is 2.15. The van der Waals surface area contributed by atoms with Crippen molar-refractivity contribution in [2.24, 2.45) is 0 Å². The second-order valence-electron chi connectivity index (χ2n) is 6.15. The predicted octanol–water partition coefficient (Wildman–Crippen LogP) is 3.88. The van der Waals surface area contributed by atoms with Gasteiger partial charge in [-0.1, -0.05) is 12.8 Å². The van der Waals surface area contributed by atoms with Gasteiger partial charge in [0.25, 0.3) is 0 Å². The van der Waals surface area contributed by atoms with E-state index in [0.717, 1.165) is 41.8 Å². The van der Waals surface area contributed by atoms with Crippen LogP contribution in [0.1, 0.15) is 52.3 Å². The molecule has 1 aromatic heterocycles. The van der Waals surface area contributed by atoms with Crippen molar-refractivity contribution >= 4 is 28.7 Å². The Morgan fingerprint density at radius 3 is 2.57 bits per heavy atom. The molecule has 0 aliphatic rings. The Kier molecular flexibility index (Phi) is 7.48. The van der Waals surface area contributed by atoms with Crippen LogP contribution in [-0.2, 0) is 11.3 Å². The monoisotopic (exact) mass is 407 g/mol. The lowest BCUT2D eigenvalue weighted by Gasteiger charge is -2.19. The van der Waals surface area contributed by atoms with Gasteiger partial charge in [-0.15, -0.1) is 0 Å². The van der Waals surface area contributed by atoms with Gasteiger partial charge in [-0.25, -0.2) is 9.78 Å². The van der Waals surface area contributed by atoms with Crippen molar-refractivity contribution in [3.63, 3.8) is 0 Å². The SMILES string of the molecule is Cc1nc(I)cn1CCCCCCNC(=O)OC(C)(C)C. The van der Waals surface area contributed by atoms with E-state index in [9.17, 15) is 4.79 Å². The van der Waals surface area contributed by atoms with Crippen LogP contribution in [0.5, 0.6) is 0 Å². The van der Waals surface area contributed by atoms with Crippen molar-refractivity contribution < 1.29 is 9.53 Å². The minimum Gasteiger partial charge on any atom is -0.444 e. The van der Waals surface area contributed by atoms with Crippen molar-refractivity contribution in [2.45, 2.75) is 65.5 Å². The Bertz CT molecular complexity index is 452. The van der Waals surface area contributed by atoms with Crippen LogP contribution in [0.25, 0.3) is 0 Å². The Morgan fingerprint density at radius 2 is 2.00 bits per heavy atom. The number of halogens is 1. The fourth-order valence-corrected chi connectivity index (χ4v) is 2.65. The number of unbranched alkanes of at least 4 members (excludes halogenated alkanes) is 3. The number of ether oxygens (including phenoxy) is 1. The molecule has 5 nitrogen and oxygen atoms in total. The van der Waals surface area contributed by atoms with Crippen molar-refractivity contribution in [1.29, 1.82) is 0 Å². The van der Waals surface area contributed by atoms with E-state index in [1.54, 1.807) is 0 Å². The van der Waals surface area contributed by atoms with Crippen LogP contribution in [0.4, 0.5) is 4.79 Å². The maximum Gasteiger partial charge on any atom is 0.407 e. The summed E-state index contributed by atoms with van der Waals surface area (Å²) in [6.07, 6.45) is 6.15. The summed E-state index contributed by atoms with van der Waals surface area (Å²) in [5, 5.41) is 2.78. The van der Waals surface area contributed by atoms with Crippen LogP contribution in [0, 0.1) is 10.6 Å². The van der Waals surface area contributed by atoms with E-state index in [-0.39, 0.29) is 6.09 Å². The quantitative estimate of drug-likeness (QED) is 0.551. The number of amides is 1. The lowest BCUT2D eigenvalue weighted by atomic mass is 10.2. The van der Waals surface area contributed by atoms with E-state index in [1.807, 2.05) is 27.7 Å². The third-order valence-electron chi connectivity index (χ3n) is 2.94. The molecule has 120 valence electrons. The molecule has 0 saturated heterocycles. The predicted molar refractivity (Wildman–Crippen MR) is 92.4 cm³/mol. The maximum atomic E-state index is 11.4. The van der Waals surface area contributed by atoms with Gasteiger partial charge in [-0.3, -0.25) is 0 Å². The second kappa shape index (κ2) is 8.60. The molecular formula is C15H26IN3O2. The van der Waals surface area contributed by atoms with Gasteiger partial charge >= 0.3 is 6.09 Å². The van der Waals surface area contributed by atoms with E-state index < -0.39 is 5.60 Å². The number of alkyl carbamates (subject to hydrolysis) is 1. The van der Waals surface area contributed by atoms with Crippen LogP contribution >= 0.6 is 22.6 Å². The Labute approximate surface area is 141 Å². The van der Waals surface area contributed by atoms with Gasteiger partial charge in [-0.2, -0.15) is 0 Å². The van der Waals surface area contributed by atoms with Crippen molar-refractivity contribution in [3.8, 4) is 0 Å². The molecule has 1 rings (SSSR count). The van der Waals surface area contributed by atoms with E-state index in [4.69, 9.17) is 4.74 Å². The van der Waals surface area contributed by atoms with Gasteiger partial charge < -0.3 is 14.6 Å². The van der Waals surface area contributed by atoms with E-state index in [1.165, 1.54) is 0 Å². The smallest absolute Gasteiger partial charge is 0.407 e. The molecular weight excluding hydrogens is 381 g/mol. The largest absolute Gasteiger partial charge is 0.444 e. The third-order valence-corrected chi connectivity index (χ3v) is 3.46. The number of carbonyl (C=O) groups excluding carboxylic acids is 1. The number of hydrogen-bond donors (Lipinski definition) is 1. The Morgan fingerprint density at radius 1 is 1.33 bits per heavy atom. The minimum absolute atomic E-state index is 0.328. The summed E-state index contributed by atoms with van der Waals surface area (Å²) in [6, 6.07) is 0. The molecule has 0 bridgehead atoms. The number of carbonyl (C=O) groups is 1. The minimum atomic E-state index is -0.426. The molecule has 1 amide bonds. The van der Waals surface area contributed by atoms with Crippen LogP contribution in [0.3, 0.4) is 0 Å². The van der Waals surface area contributed by atoms with Crippen LogP contribution < -0.4 is 5.32 Å². The van der Waals surface area contributed by atoms with Crippen LogP contribution in [0.2, 0.25) is 0 Å². The summed E-state index contributed by atoms with van der Waals surface area (Å²) in [4.78, 5) is 15.8. The number of hydrogen-bond acceptors (Lipinski definition) is 3. The van der Waals surface area contributed by atoms with Gasteiger partial charge in [0.2, 0.25) is 0 Å². The maximum absolute atomic E-state index is 11.4. The highest BCUT2D eigenvalue weighted by molar-refractivity contribution is 14.1. The first-order valence-corrected chi connectivity index (χ1v) is 8.52. The molecule has 0 aromatic carbocycles. The number of nitrogens with zero attached hydrogens (tertiary/aromatic N) is 2. The Hall–Kier alpha value is -0.790. The molecule has 1 aromatic rings. The summed E-state index contributed by atoms with van der Waals surface area (Å²) in [7, 11) is 0. The molecule has 0 atom stereocenters. The highest BCUT2D eigenvalue weighted by Crippen LogP contribution is 2.09. The van der Waals surface area contributed by atoms with E-state index >= 15 is 0 Å². The summed E-state index contributed by atoms with van der Waals surface area (Å²) in [5.41, 5.74) is -0.426. The van der Waals surface area contributed by atoms with Gasteiger partial charge in [0.05, 0.1) is 0 Å². The molecule has 0 unspecified atom stereocenters. The number of aromatic nitrogens is 2. The van der Waals surface area contributed by atoms with Crippen LogP contribution in [0.15, 0.2) is 6.20 Å². The zero-order chi connectivity index (χ0) is 15.9. The van der Waals surface area contributed by atoms with E-state index in [2.05, 4.69) is 43.7 Å². The Balaban J connectivity index is 2.02. The molecule has 1 N–H and O–H groups in total. The summed E-state index contributed by atoms with van der Waals surface area (Å²) in [5.74, 6) is 1.07. The fraction of sp³-hybridized carbons (Fsp3) is 0.733. The molecule has 0 aliphatic carbocycles. The lowest BCUT2D eigenvalue weighted by molar-refractivity contribution is 0.0527. The van der Waals surface area contributed by atoms with Crippen molar-refractivity contribution in [1.82, 2.24) is 14.9 Å². The molecule has 0 spiro atoms. The molecule has 0 aliphatic heterocycles. The van der Waals surface area contributed by atoms with Gasteiger partial charge in [-0.05, 0) is 63.1 Å². The average molecular weight is 407 g/mol. The molecule has 21 heavy (non-hydrogen) atoms. The average Bonchev–Trinajstić information content (AvgIpc) is 2.64. The van der Waals surface area contributed by atoms with Crippen molar-refractivity contribution in [3.05, 3.63) is 15.7 Å². The molecule has 1 heterocycles. The number of aryl methyl sites for hydroxylation is 2. The topological polar surface area (TPSA) is 56.2 Å². The molecule has 0 radical (unpaired) electrons. The number of nitrogens with one attached hydrogen (secondary N) is 1. The van der Waals surface area contributed by atoms with E-state index in [0.29, 0.717) is 6.54 Å². The lowest BCUT2D eigenvalue weighted by Crippen LogP contribution is -2.32. The molecule has 6 heteroatoms. The second-order valence-corrected chi connectivity index (χ2v) is 7.25. The summed E-state index contributed by atoms with van der Waals surface area (Å²) in [6.45, 7) is 9.33. The molecule has 0 fully saturated rings. The van der Waals surface area contributed by atoms with Crippen molar-refractivity contribution in [2.75, 3.05) is 6.54 Å². The normalized spacial score (nSPS) is 11.5. The van der Waals surface area contributed by atoms with Crippen LogP contribution in [-0.4, -0.2) is 27.8 Å². The zero-order valence-electron chi connectivity index (χ0n) is 13.4. The van der Waals surface area contributed by atoms with Gasteiger partial charge in [0, 0.05) is 19.3 Å². The third kappa shape index (κ3) is 8.28. The first kappa shape index (κ1) is 18.3. The standard InChI is InChI=1S/C15H26IN3O2/c1-12-18-13(16)11-19(12)10-8-6-5-7-9-17-14(20)21-15(2,3)4/h11H,5-10H2,1-4H3,(H,17,20). The van der Waals surface area contributed by atoms with Gasteiger partial charge in [0.15, 0.2) is 0 Å². The zero-order valence-corrected chi connectivity index (χ0v) is 15.6. The number of imidazole rings is 1. The first-order valence-electron chi connectivity index (χ1n) is 7.44. The molecule has 0 saturated carbocycles. The van der Waals surface area contributed by atoms with Gasteiger partial charge in [0.1, 0.15) is 15.1 Å².